The quantitative estimate of drug-likeness (QED) is 0.382. The van der Waals surface area contributed by atoms with Gasteiger partial charge in [-0.05, 0) is 47.4 Å². The summed E-state index contributed by atoms with van der Waals surface area (Å²) in [5, 5.41) is 14.2. The van der Waals surface area contributed by atoms with E-state index in [4.69, 9.17) is 0 Å². The van der Waals surface area contributed by atoms with Gasteiger partial charge in [-0.25, -0.2) is 8.78 Å². The molecule has 3 heterocycles. The number of rotatable bonds is 8. The Kier molecular flexibility index (Phi) is 9.82. The molecule has 3 aromatic rings. The SMILES string of the molecule is Cc1c(CNCCCNc2nc3nnccc3[nH]2)sc(C(F)F)c1Br.Cl.Cl. The third-order valence-electron chi connectivity index (χ3n) is 3.68. The van der Waals surface area contributed by atoms with Gasteiger partial charge in [-0.3, -0.25) is 0 Å². The second-order valence-corrected chi connectivity index (χ2v) is 7.37. The van der Waals surface area contributed by atoms with Crippen LogP contribution < -0.4 is 10.6 Å². The van der Waals surface area contributed by atoms with Crippen LogP contribution in [0.3, 0.4) is 0 Å². The number of thiophene rings is 1. The minimum Gasteiger partial charge on any atom is -0.356 e. The largest absolute Gasteiger partial charge is 0.356 e. The van der Waals surface area contributed by atoms with E-state index < -0.39 is 6.43 Å². The van der Waals surface area contributed by atoms with Crippen LogP contribution in [0.5, 0.6) is 0 Å². The van der Waals surface area contributed by atoms with Gasteiger partial charge in [0.05, 0.1) is 16.6 Å². The van der Waals surface area contributed by atoms with E-state index in [1.165, 1.54) is 0 Å². The molecule has 3 aromatic heterocycles. The Labute approximate surface area is 179 Å². The van der Waals surface area contributed by atoms with Crippen molar-refractivity contribution < 1.29 is 8.78 Å². The van der Waals surface area contributed by atoms with Crippen molar-refractivity contribution in [1.82, 2.24) is 25.5 Å². The molecule has 12 heteroatoms. The van der Waals surface area contributed by atoms with Crippen LogP contribution in [0.1, 0.15) is 28.2 Å². The number of hydrogen-bond donors (Lipinski definition) is 3. The Balaban J connectivity index is 0.00000182. The number of nitrogens with zero attached hydrogens (tertiary/aromatic N) is 3. The first-order valence-corrected chi connectivity index (χ1v) is 9.35. The highest BCUT2D eigenvalue weighted by Crippen LogP contribution is 2.38. The van der Waals surface area contributed by atoms with Crippen LogP contribution >= 0.6 is 52.1 Å². The van der Waals surface area contributed by atoms with Gasteiger partial charge in [0.1, 0.15) is 0 Å². The highest BCUT2D eigenvalue weighted by molar-refractivity contribution is 9.10. The standard InChI is InChI=1S/C15H17BrF2N6S.2ClH/c1-8-10(25-12(11(8)16)13(17)18)7-19-4-2-5-20-15-22-9-3-6-21-24-14(9)23-15;;/h3,6,13,19H,2,4-5,7H2,1H3,(H2,20,22,23,24);2*1H. The second kappa shape index (κ2) is 11.1. The fourth-order valence-corrected chi connectivity index (χ4v) is 4.15. The molecular formula is C15H19BrCl2F2N6S. The summed E-state index contributed by atoms with van der Waals surface area (Å²) in [5.41, 5.74) is 2.30. The molecule has 150 valence electrons. The third kappa shape index (κ3) is 5.95. The van der Waals surface area contributed by atoms with Gasteiger partial charge in [-0.2, -0.15) is 10.1 Å². The lowest BCUT2D eigenvalue weighted by Crippen LogP contribution is -2.17. The van der Waals surface area contributed by atoms with E-state index in [1.807, 2.05) is 13.0 Å². The predicted octanol–water partition coefficient (Wildman–Crippen LogP) is 4.86. The molecule has 0 unspecified atom stereocenters. The molecule has 0 radical (unpaired) electrons. The molecular weight excluding hydrogens is 485 g/mol. The van der Waals surface area contributed by atoms with Gasteiger partial charge in [0, 0.05) is 22.4 Å². The second-order valence-electron chi connectivity index (χ2n) is 5.44. The number of imidazole rings is 1. The van der Waals surface area contributed by atoms with Gasteiger partial charge in [0.15, 0.2) is 0 Å². The molecule has 0 aliphatic heterocycles. The first-order chi connectivity index (χ1) is 12.1. The van der Waals surface area contributed by atoms with Crippen LogP contribution in [0.2, 0.25) is 0 Å². The monoisotopic (exact) mass is 502 g/mol. The number of anilines is 1. The van der Waals surface area contributed by atoms with Crippen molar-refractivity contribution in [3.05, 3.63) is 32.1 Å². The summed E-state index contributed by atoms with van der Waals surface area (Å²) in [5.74, 6) is 0.662. The Morgan fingerprint density at radius 2 is 2.07 bits per heavy atom. The molecule has 0 spiro atoms. The lowest BCUT2D eigenvalue weighted by atomic mass is 10.2. The molecule has 0 fully saturated rings. The summed E-state index contributed by atoms with van der Waals surface area (Å²) in [7, 11) is 0. The maximum Gasteiger partial charge on any atom is 0.273 e. The number of alkyl halides is 2. The smallest absolute Gasteiger partial charge is 0.273 e. The Bertz CT molecular complexity index is 827. The number of hydrogen-bond acceptors (Lipinski definition) is 6. The third-order valence-corrected chi connectivity index (χ3v) is 6.26. The van der Waals surface area contributed by atoms with Crippen molar-refractivity contribution in [3.8, 4) is 0 Å². The summed E-state index contributed by atoms with van der Waals surface area (Å²) in [6.45, 7) is 3.94. The van der Waals surface area contributed by atoms with E-state index in [1.54, 1.807) is 6.20 Å². The molecule has 3 N–H and O–H groups in total. The summed E-state index contributed by atoms with van der Waals surface area (Å²) in [6.07, 6.45) is 0.0405. The molecule has 27 heavy (non-hydrogen) atoms. The number of H-pyrrole nitrogens is 1. The van der Waals surface area contributed by atoms with Gasteiger partial charge in [-0.1, -0.05) is 0 Å². The van der Waals surface area contributed by atoms with Crippen LogP contribution in [0.15, 0.2) is 16.7 Å². The van der Waals surface area contributed by atoms with Crippen LogP contribution in [0.4, 0.5) is 14.7 Å². The van der Waals surface area contributed by atoms with E-state index in [9.17, 15) is 8.78 Å². The molecule has 0 bridgehead atoms. The maximum absolute atomic E-state index is 12.9. The summed E-state index contributed by atoms with van der Waals surface area (Å²) in [4.78, 5) is 8.44. The lowest BCUT2D eigenvalue weighted by Gasteiger charge is -2.05. The zero-order chi connectivity index (χ0) is 17.8. The number of fused-ring (bicyclic) bond motifs is 1. The number of nitrogens with one attached hydrogen (secondary N) is 3. The van der Waals surface area contributed by atoms with Gasteiger partial charge in [-0.15, -0.1) is 41.2 Å². The van der Waals surface area contributed by atoms with Crippen LogP contribution in [-0.2, 0) is 6.54 Å². The first kappa shape index (κ1) is 24.0. The topological polar surface area (TPSA) is 78.5 Å². The number of halogens is 5. The van der Waals surface area contributed by atoms with Gasteiger partial charge >= 0.3 is 0 Å². The van der Waals surface area contributed by atoms with Crippen LogP contribution in [-0.4, -0.2) is 33.3 Å². The Morgan fingerprint density at radius 3 is 2.74 bits per heavy atom. The highest BCUT2D eigenvalue weighted by Gasteiger charge is 2.19. The van der Waals surface area contributed by atoms with Crippen molar-refractivity contribution >= 4 is 69.2 Å². The summed E-state index contributed by atoms with van der Waals surface area (Å²) >= 11 is 4.40. The molecule has 6 nitrogen and oxygen atoms in total. The normalized spacial score (nSPS) is 10.7. The minimum absolute atomic E-state index is 0. The average molecular weight is 504 g/mol. The van der Waals surface area contributed by atoms with Gasteiger partial charge in [0.25, 0.3) is 6.43 Å². The Hall–Kier alpha value is -1.07. The minimum atomic E-state index is -2.44. The molecule has 0 aliphatic carbocycles. The summed E-state index contributed by atoms with van der Waals surface area (Å²) < 4.78 is 26.3. The van der Waals surface area contributed by atoms with E-state index >= 15 is 0 Å². The van der Waals surface area contributed by atoms with Crippen molar-refractivity contribution in [1.29, 1.82) is 0 Å². The van der Waals surface area contributed by atoms with Crippen LogP contribution in [0.25, 0.3) is 11.2 Å². The molecule has 0 atom stereocenters. The molecule has 0 saturated carbocycles. The van der Waals surface area contributed by atoms with Gasteiger partial charge in [0.2, 0.25) is 11.6 Å². The first-order valence-electron chi connectivity index (χ1n) is 7.74. The predicted molar refractivity (Wildman–Crippen MR) is 113 cm³/mol. The fourth-order valence-electron chi connectivity index (χ4n) is 2.34. The highest BCUT2D eigenvalue weighted by atomic mass is 79.9. The van der Waals surface area contributed by atoms with E-state index in [2.05, 4.69) is 46.7 Å². The van der Waals surface area contributed by atoms with E-state index in [-0.39, 0.29) is 29.7 Å². The fraction of sp³-hybridized carbons (Fsp3) is 0.400. The molecule has 3 rings (SSSR count). The number of aromatic amines is 1. The lowest BCUT2D eigenvalue weighted by molar-refractivity contribution is 0.155. The molecule has 0 amide bonds. The molecule has 0 aromatic carbocycles. The van der Waals surface area contributed by atoms with Crippen molar-refractivity contribution in [2.24, 2.45) is 0 Å². The van der Waals surface area contributed by atoms with E-state index in [0.29, 0.717) is 22.6 Å². The van der Waals surface area contributed by atoms with Crippen molar-refractivity contribution in [2.45, 2.75) is 26.3 Å². The van der Waals surface area contributed by atoms with Crippen molar-refractivity contribution in [3.63, 3.8) is 0 Å². The Morgan fingerprint density at radius 1 is 1.30 bits per heavy atom. The average Bonchev–Trinajstić information content (AvgIpc) is 3.13. The number of aromatic nitrogens is 4. The zero-order valence-corrected chi connectivity index (χ0v) is 18.3. The molecule has 0 saturated heterocycles. The summed E-state index contributed by atoms with van der Waals surface area (Å²) in [6, 6.07) is 1.82. The molecule has 0 aliphatic rings. The van der Waals surface area contributed by atoms with Crippen molar-refractivity contribution in [2.75, 3.05) is 18.4 Å². The van der Waals surface area contributed by atoms with Crippen LogP contribution in [0, 0.1) is 6.92 Å². The maximum atomic E-state index is 12.9. The van der Waals surface area contributed by atoms with Gasteiger partial charge < -0.3 is 15.6 Å². The van der Waals surface area contributed by atoms with E-state index in [0.717, 1.165) is 46.8 Å². The zero-order valence-electron chi connectivity index (χ0n) is 14.3.